The van der Waals surface area contributed by atoms with Crippen LogP contribution in [0, 0.1) is 11.5 Å². The molecule has 0 fully saturated rings. The van der Waals surface area contributed by atoms with Crippen LogP contribution in [0.15, 0.2) is 16.3 Å². The number of hydrogen-bond donors (Lipinski definition) is 0. The van der Waals surface area contributed by atoms with Gasteiger partial charge < -0.3 is 37.2 Å². The maximum Gasteiger partial charge on any atom is 4.00 e. The van der Waals surface area contributed by atoms with Crippen LogP contribution in [0.1, 0.15) is 41.5 Å². The van der Waals surface area contributed by atoms with Crippen molar-refractivity contribution in [2.24, 2.45) is 5.41 Å². The molecular formula is C15H28Cl3CrPSi. The second-order valence-corrected chi connectivity index (χ2v) is 17.3. The SMILES string of the molecule is CCP(CC)[Si](C)(C)C1=[C-]C(C)(C)C(C)=C1C.[Cl-].[Cl-].[Cl-].[Cr+4]. The normalized spacial score (nSPS) is 16.3. The van der Waals surface area contributed by atoms with Gasteiger partial charge in [0.1, 0.15) is 0 Å². The summed E-state index contributed by atoms with van der Waals surface area (Å²) in [5, 5.41) is 1.63. The zero-order chi connectivity index (χ0) is 13.4. The first-order valence-corrected chi connectivity index (χ1v) is 12.3. The Kier molecular flexibility index (Phi) is 16.1. The van der Waals surface area contributed by atoms with Gasteiger partial charge in [-0.3, -0.25) is 6.08 Å². The summed E-state index contributed by atoms with van der Waals surface area (Å²) in [7, 11) is -1.07. The van der Waals surface area contributed by atoms with Gasteiger partial charge in [0.2, 0.25) is 0 Å². The summed E-state index contributed by atoms with van der Waals surface area (Å²) in [5.74, 6) is 0. The first-order chi connectivity index (χ1) is 7.68. The number of rotatable bonds is 4. The smallest absolute Gasteiger partial charge is 1.00 e. The van der Waals surface area contributed by atoms with Gasteiger partial charge in [0.15, 0.2) is 0 Å². The molecule has 0 unspecified atom stereocenters. The molecule has 0 nitrogen and oxygen atoms in total. The van der Waals surface area contributed by atoms with Gasteiger partial charge in [-0.2, -0.15) is 5.57 Å². The second kappa shape index (κ2) is 11.1. The Morgan fingerprint density at radius 3 is 1.62 bits per heavy atom. The molecule has 0 aliphatic heterocycles. The van der Waals surface area contributed by atoms with Crippen LogP contribution in [0.4, 0.5) is 0 Å². The molecule has 0 aromatic rings. The maximum atomic E-state index is 3.84. The average Bonchev–Trinajstić information content (AvgIpc) is 2.44. The standard InChI is InChI=1S/C15H28PSi.3ClH.Cr/c1-9-16(10-2)17(7,8)14-11-15(5,6)13(4)12(14)3;;;;/h9-10H2,1-8H3;3*1H;/q-1;;;;+4/p-3. The van der Waals surface area contributed by atoms with E-state index >= 15 is 0 Å². The predicted octanol–water partition coefficient (Wildman–Crippen LogP) is -3.63. The Morgan fingerprint density at radius 2 is 1.38 bits per heavy atom. The number of halogens is 3. The van der Waals surface area contributed by atoms with Gasteiger partial charge in [-0.1, -0.05) is 53.1 Å². The summed E-state index contributed by atoms with van der Waals surface area (Å²) < 4.78 is 0. The van der Waals surface area contributed by atoms with Crippen molar-refractivity contribution in [1.82, 2.24) is 0 Å². The third-order valence-corrected chi connectivity index (χ3v) is 16.6. The molecule has 0 atom stereocenters. The molecular weight excluding hydrogens is 398 g/mol. The van der Waals surface area contributed by atoms with E-state index in [9.17, 15) is 0 Å². The average molecular weight is 426 g/mol. The summed E-state index contributed by atoms with van der Waals surface area (Å²) in [4.78, 5) is 0. The number of hydrogen-bond acceptors (Lipinski definition) is 0. The van der Waals surface area contributed by atoms with E-state index in [0.29, 0.717) is 0 Å². The molecule has 0 saturated carbocycles. The van der Waals surface area contributed by atoms with Crippen LogP contribution < -0.4 is 37.2 Å². The first-order valence-electron chi connectivity index (χ1n) is 6.77. The molecule has 0 heterocycles. The molecule has 1 aliphatic carbocycles. The minimum atomic E-state index is -1.28. The van der Waals surface area contributed by atoms with Gasteiger partial charge in [0.05, 0.1) is 7.74 Å². The maximum absolute atomic E-state index is 3.84. The minimum Gasteiger partial charge on any atom is -1.00 e. The Morgan fingerprint density at radius 1 is 1.00 bits per heavy atom. The van der Waals surface area contributed by atoms with Crippen LogP contribution in [0.3, 0.4) is 0 Å². The van der Waals surface area contributed by atoms with Crippen LogP contribution >= 0.6 is 7.47 Å². The van der Waals surface area contributed by atoms with Crippen molar-refractivity contribution in [3.8, 4) is 0 Å². The molecule has 124 valence electrons. The van der Waals surface area contributed by atoms with Crippen LogP contribution in [0.5, 0.6) is 0 Å². The fourth-order valence-corrected chi connectivity index (χ4v) is 13.4. The van der Waals surface area contributed by atoms with Crippen molar-refractivity contribution >= 4 is 15.2 Å². The molecule has 6 heteroatoms. The molecule has 0 aromatic heterocycles. The van der Waals surface area contributed by atoms with E-state index < -0.39 is 7.74 Å². The van der Waals surface area contributed by atoms with Crippen molar-refractivity contribution in [1.29, 1.82) is 0 Å². The third-order valence-electron chi connectivity index (χ3n) is 4.48. The Labute approximate surface area is 164 Å². The summed E-state index contributed by atoms with van der Waals surface area (Å²) in [6, 6.07) is 0. The van der Waals surface area contributed by atoms with Gasteiger partial charge in [-0.25, -0.2) is 10.8 Å². The third kappa shape index (κ3) is 6.15. The van der Waals surface area contributed by atoms with Crippen molar-refractivity contribution in [2.45, 2.75) is 54.6 Å². The molecule has 0 N–H and O–H groups in total. The monoisotopic (exact) mass is 424 g/mol. The first kappa shape index (κ1) is 30.4. The topological polar surface area (TPSA) is 0 Å². The van der Waals surface area contributed by atoms with Crippen molar-refractivity contribution in [3.05, 3.63) is 22.4 Å². The molecule has 21 heavy (non-hydrogen) atoms. The molecule has 0 bridgehead atoms. The molecule has 1 aliphatic rings. The summed E-state index contributed by atoms with van der Waals surface area (Å²) >= 11 is 0. The van der Waals surface area contributed by atoms with Crippen molar-refractivity contribution in [2.75, 3.05) is 12.3 Å². The quantitative estimate of drug-likeness (QED) is 0.248. The van der Waals surface area contributed by atoms with E-state index in [4.69, 9.17) is 0 Å². The molecule has 0 saturated heterocycles. The molecule has 1 rings (SSSR count). The molecule has 0 radical (unpaired) electrons. The Hall–Kier alpha value is 1.53. The van der Waals surface area contributed by atoms with Crippen LogP contribution in [0.2, 0.25) is 13.1 Å². The van der Waals surface area contributed by atoms with E-state index in [1.807, 2.05) is 0 Å². The fourth-order valence-electron chi connectivity index (χ4n) is 2.94. The van der Waals surface area contributed by atoms with Crippen LogP contribution in [-0.2, 0) is 17.4 Å². The van der Waals surface area contributed by atoms with E-state index in [0.717, 1.165) is 0 Å². The van der Waals surface area contributed by atoms with Gasteiger partial charge in [-0.15, -0.1) is 14.4 Å². The van der Waals surface area contributed by atoms with Gasteiger partial charge in [-0.05, 0) is 12.3 Å². The van der Waals surface area contributed by atoms with Gasteiger partial charge >= 0.3 is 17.4 Å². The molecule has 0 spiro atoms. The van der Waals surface area contributed by atoms with E-state index in [-0.39, 0.29) is 67.5 Å². The van der Waals surface area contributed by atoms with E-state index in [1.54, 1.807) is 10.8 Å². The zero-order valence-electron chi connectivity index (χ0n) is 14.4. The zero-order valence-corrected chi connectivity index (χ0v) is 19.8. The Balaban J connectivity index is -0.000000361. The fraction of sp³-hybridized carbons (Fsp3) is 0.733. The predicted molar refractivity (Wildman–Crippen MR) is 84.4 cm³/mol. The van der Waals surface area contributed by atoms with Gasteiger partial charge in [0, 0.05) is 0 Å². The van der Waals surface area contributed by atoms with Gasteiger partial charge in [0.25, 0.3) is 0 Å². The number of allylic oxidation sites excluding steroid dienone is 4. The minimum absolute atomic E-state index is 0. The van der Waals surface area contributed by atoms with E-state index in [2.05, 4.69) is 60.7 Å². The van der Waals surface area contributed by atoms with Crippen LogP contribution in [0.25, 0.3) is 0 Å². The molecule has 0 amide bonds. The van der Waals surface area contributed by atoms with Crippen molar-refractivity contribution in [3.63, 3.8) is 0 Å². The van der Waals surface area contributed by atoms with Crippen LogP contribution in [-0.4, -0.2) is 20.1 Å². The second-order valence-electron chi connectivity index (χ2n) is 6.11. The molecule has 0 aromatic carbocycles. The summed E-state index contributed by atoms with van der Waals surface area (Å²) in [6.45, 7) is 19.1. The Bertz CT molecular complexity index is 375. The summed E-state index contributed by atoms with van der Waals surface area (Å²) in [6.07, 6.45) is 6.60. The summed E-state index contributed by atoms with van der Waals surface area (Å²) in [5.41, 5.74) is 3.27. The van der Waals surface area contributed by atoms with Crippen molar-refractivity contribution < 1.29 is 54.6 Å². The van der Waals surface area contributed by atoms with E-state index in [1.165, 1.54) is 17.9 Å². The largest absolute Gasteiger partial charge is 4.00 e.